The van der Waals surface area contributed by atoms with Gasteiger partial charge in [-0.1, -0.05) is 52.0 Å². The summed E-state index contributed by atoms with van der Waals surface area (Å²) in [6.45, 7) is 14.3. The Bertz CT molecular complexity index is 520. The Morgan fingerprint density at radius 3 is 2.00 bits per heavy atom. The Labute approximate surface area is 118 Å². The molecule has 0 atom stereocenters. The lowest BCUT2D eigenvalue weighted by Crippen LogP contribution is -2.65. The smallest absolute Gasteiger partial charge is 0.206 e. The second kappa shape index (κ2) is 9.32. The van der Waals surface area contributed by atoms with Crippen LogP contribution in [0.5, 0.6) is 0 Å². The monoisotopic (exact) mass is 258 g/mol. The van der Waals surface area contributed by atoms with E-state index in [1.54, 1.807) is 0 Å². The lowest BCUT2D eigenvalue weighted by molar-refractivity contribution is -0.355. The van der Waals surface area contributed by atoms with E-state index in [4.69, 9.17) is 0 Å². The van der Waals surface area contributed by atoms with Gasteiger partial charge in [-0.2, -0.15) is 0 Å². The van der Waals surface area contributed by atoms with E-state index in [9.17, 15) is 0 Å². The topological polar surface area (TPSA) is 14.0 Å². The normalized spacial score (nSPS) is 8.79. The van der Waals surface area contributed by atoms with Crippen molar-refractivity contribution in [1.82, 2.24) is 0 Å². The van der Waals surface area contributed by atoms with Crippen molar-refractivity contribution in [1.29, 1.82) is 0 Å². The molecule has 104 valence electrons. The van der Waals surface area contributed by atoms with E-state index in [2.05, 4.69) is 62.2 Å². The molecular weight excluding hydrogens is 230 g/mol. The molecule has 0 aromatic heterocycles. The van der Waals surface area contributed by atoms with Crippen molar-refractivity contribution in [2.45, 2.75) is 48.5 Å². The summed E-state index contributed by atoms with van der Waals surface area (Å²) in [6, 6.07) is 12.8. The maximum absolute atomic E-state index is 3.38. The van der Waals surface area contributed by atoms with Gasteiger partial charge < -0.3 is 0 Å². The van der Waals surface area contributed by atoms with E-state index in [0.29, 0.717) is 0 Å². The molecule has 1 heteroatoms. The zero-order valence-electron chi connectivity index (χ0n) is 13.5. The lowest BCUT2D eigenvalue weighted by atomic mass is 10.0. The molecule has 19 heavy (non-hydrogen) atoms. The maximum Gasteiger partial charge on any atom is 0.206 e. The van der Waals surface area contributed by atoms with E-state index < -0.39 is 0 Å². The number of fused-ring (bicyclic) bond motifs is 1. The molecule has 1 nitrogen and oxygen atoms in total. The molecule has 0 fully saturated rings. The fourth-order valence-electron chi connectivity index (χ4n) is 1.83. The summed E-state index contributed by atoms with van der Waals surface area (Å²) in [6.07, 6.45) is 0. The molecule has 2 aromatic rings. The van der Waals surface area contributed by atoms with Crippen LogP contribution in [0.2, 0.25) is 0 Å². The molecule has 2 aromatic carbocycles. The molecule has 0 aliphatic heterocycles. The van der Waals surface area contributed by atoms with Gasteiger partial charge >= 0.3 is 0 Å². The number of hydrogen-bond donors (Lipinski definition) is 1. The SMILES string of the molecule is CC.CC.CC(C)=[NH+]c1ccc2ccccc2c1C. The minimum Gasteiger partial charge on any atom is -0.213 e. The maximum atomic E-state index is 3.38. The van der Waals surface area contributed by atoms with E-state index in [0.717, 1.165) is 0 Å². The highest BCUT2D eigenvalue weighted by atomic mass is 14.7. The first kappa shape index (κ1) is 17.4. The Hall–Kier alpha value is -1.63. The number of aryl methyl sites for hydroxylation is 1. The fourth-order valence-corrected chi connectivity index (χ4v) is 1.83. The van der Waals surface area contributed by atoms with Gasteiger partial charge in [0.15, 0.2) is 0 Å². The average Bonchev–Trinajstić information content (AvgIpc) is 2.46. The van der Waals surface area contributed by atoms with Gasteiger partial charge in [-0.25, -0.2) is 4.99 Å². The third-order valence-electron chi connectivity index (χ3n) is 2.58. The fraction of sp³-hybridized carbons (Fsp3) is 0.389. The molecule has 0 radical (unpaired) electrons. The van der Waals surface area contributed by atoms with Gasteiger partial charge in [0.2, 0.25) is 5.69 Å². The van der Waals surface area contributed by atoms with Gasteiger partial charge in [0.1, 0.15) is 5.71 Å². The van der Waals surface area contributed by atoms with E-state index in [-0.39, 0.29) is 0 Å². The molecule has 0 aliphatic carbocycles. The van der Waals surface area contributed by atoms with Crippen LogP contribution in [-0.4, -0.2) is 5.71 Å². The summed E-state index contributed by atoms with van der Waals surface area (Å²) in [5.74, 6) is 0. The number of hydrogen-bond acceptors (Lipinski definition) is 0. The van der Waals surface area contributed by atoms with E-state index >= 15 is 0 Å². The van der Waals surface area contributed by atoms with Crippen LogP contribution < -0.4 is 4.99 Å². The molecule has 0 aliphatic rings. The number of nitrogens with one attached hydrogen (secondary N) is 1. The summed E-state index contributed by atoms with van der Waals surface area (Å²) in [5, 5.41) is 2.62. The van der Waals surface area contributed by atoms with Gasteiger partial charge in [-0.3, -0.25) is 0 Å². The van der Waals surface area contributed by atoms with Crippen molar-refractivity contribution in [2.24, 2.45) is 0 Å². The summed E-state index contributed by atoms with van der Waals surface area (Å²) in [7, 11) is 0. The van der Waals surface area contributed by atoms with Crippen LogP contribution in [0.3, 0.4) is 0 Å². The zero-order valence-corrected chi connectivity index (χ0v) is 13.5. The van der Waals surface area contributed by atoms with Crippen LogP contribution in [-0.2, 0) is 0 Å². The lowest BCUT2D eigenvalue weighted by Gasteiger charge is -2.01. The molecule has 0 heterocycles. The van der Waals surface area contributed by atoms with Crippen molar-refractivity contribution in [3.8, 4) is 0 Å². The van der Waals surface area contributed by atoms with Crippen molar-refractivity contribution in [3.05, 3.63) is 42.0 Å². The van der Waals surface area contributed by atoms with Gasteiger partial charge in [0, 0.05) is 25.5 Å². The molecule has 1 N–H and O–H groups in total. The first-order valence-electron chi connectivity index (χ1n) is 7.24. The number of benzene rings is 2. The Morgan fingerprint density at radius 1 is 0.842 bits per heavy atom. The van der Waals surface area contributed by atoms with E-state index in [1.807, 2.05) is 27.7 Å². The summed E-state index contributed by atoms with van der Waals surface area (Å²) < 4.78 is 0. The molecule has 0 bridgehead atoms. The highest BCUT2D eigenvalue weighted by molar-refractivity contribution is 5.88. The molecule has 0 saturated heterocycles. The summed E-state index contributed by atoms with van der Waals surface area (Å²) in [5.41, 5.74) is 3.73. The van der Waals surface area contributed by atoms with Gasteiger partial charge in [0.25, 0.3) is 0 Å². The first-order chi connectivity index (χ1) is 9.18. The highest BCUT2D eigenvalue weighted by Crippen LogP contribution is 2.21. The van der Waals surface area contributed by atoms with Gasteiger partial charge in [-0.15, -0.1) is 0 Å². The van der Waals surface area contributed by atoms with Gasteiger partial charge in [-0.05, 0) is 23.8 Å². The Kier molecular flexibility index (Phi) is 8.52. The zero-order chi connectivity index (χ0) is 14.8. The minimum absolute atomic E-state index is 1.20. The Balaban J connectivity index is 0.000000741. The largest absolute Gasteiger partial charge is 0.213 e. The number of rotatable bonds is 1. The van der Waals surface area contributed by atoms with Crippen LogP contribution in [0.15, 0.2) is 36.4 Å². The first-order valence-corrected chi connectivity index (χ1v) is 7.24. The molecule has 0 saturated carbocycles. The van der Waals surface area contributed by atoms with Crippen LogP contribution in [0, 0.1) is 6.92 Å². The third kappa shape index (κ3) is 4.86. The highest BCUT2D eigenvalue weighted by Gasteiger charge is 2.06. The van der Waals surface area contributed by atoms with Crippen LogP contribution in [0.25, 0.3) is 10.8 Å². The predicted molar refractivity (Wildman–Crippen MR) is 88.4 cm³/mol. The molecular formula is C18H28N+. The Morgan fingerprint density at radius 2 is 1.42 bits per heavy atom. The average molecular weight is 258 g/mol. The molecule has 2 rings (SSSR count). The van der Waals surface area contributed by atoms with Gasteiger partial charge in [0.05, 0.1) is 0 Å². The minimum atomic E-state index is 1.20. The van der Waals surface area contributed by atoms with Crippen LogP contribution in [0.4, 0.5) is 5.69 Å². The standard InChI is InChI=1S/C14H15N.2C2H6/c1-10(2)15-14-9-8-12-6-4-5-7-13(12)11(14)3;2*1-2/h4-9H,1-3H3;2*1-2H3/p+1. The van der Waals surface area contributed by atoms with E-state index in [1.165, 1.54) is 27.7 Å². The van der Waals surface area contributed by atoms with Crippen molar-refractivity contribution in [2.75, 3.05) is 0 Å². The predicted octanol–water partition coefficient (Wildman–Crippen LogP) is 4.39. The van der Waals surface area contributed by atoms with Crippen LogP contribution in [0.1, 0.15) is 47.1 Å². The van der Waals surface area contributed by atoms with Crippen molar-refractivity contribution >= 4 is 22.2 Å². The molecule has 0 amide bonds. The second-order valence-corrected chi connectivity index (χ2v) is 4.08. The van der Waals surface area contributed by atoms with Crippen LogP contribution >= 0.6 is 0 Å². The summed E-state index contributed by atoms with van der Waals surface area (Å²) >= 11 is 0. The quantitative estimate of drug-likeness (QED) is 0.729. The second-order valence-electron chi connectivity index (χ2n) is 4.08. The molecule has 0 spiro atoms. The summed E-state index contributed by atoms with van der Waals surface area (Å²) in [4.78, 5) is 3.38. The van der Waals surface area contributed by atoms with Crippen molar-refractivity contribution < 1.29 is 4.99 Å². The molecule has 0 unspecified atom stereocenters. The van der Waals surface area contributed by atoms with Crippen molar-refractivity contribution in [3.63, 3.8) is 0 Å². The third-order valence-corrected chi connectivity index (χ3v) is 2.58.